The molecule has 0 radical (unpaired) electrons. The molecule has 0 N–H and O–H groups in total. The highest BCUT2D eigenvalue weighted by Gasteiger charge is 2.05. The molecule has 0 fully saturated rings. The van der Waals surface area contributed by atoms with Crippen LogP contribution in [0.1, 0.15) is 0 Å². The molecule has 0 aliphatic rings. The van der Waals surface area contributed by atoms with Crippen molar-refractivity contribution in [1.29, 1.82) is 0 Å². The Labute approximate surface area is 141 Å². The molecule has 0 saturated carbocycles. The van der Waals surface area contributed by atoms with Crippen LogP contribution >= 0.6 is 38.5 Å². The highest BCUT2D eigenvalue weighted by Crippen LogP contribution is 2.30. The van der Waals surface area contributed by atoms with Crippen molar-refractivity contribution in [2.24, 2.45) is 0 Å². The van der Waals surface area contributed by atoms with Crippen LogP contribution in [0.25, 0.3) is 22.3 Å². The Morgan fingerprint density at radius 1 is 0.650 bits per heavy atom. The molecule has 0 atom stereocenters. The van der Waals surface area contributed by atoms with Gasteiger partial charge < -0.3 is 0 Å². The van der Waals surface area contributed by atoms with Gasteiger partial charge in [-0.1, -0.05) is 70.5 Å². The van der Waals surface area contributed by atoms with Gasteiger partial charge in [-0.2, -0.15) is 0 Å². The summed E-state index contributed by atoms with van der Waals surface area (Å²) >= 11 is 5.89. The maximum atomic E-state index is 3.48. The summed E-state index contributed by atoms with van der Waals surface area (Å²) in [7, 11) is 0. The lowest BCUT2D eigenvalue weighted by molar-refractivity contribution is 1.55. The van der Waals surface area contributed by atoms with E-state index in [4.69, 9.17) is 0 Å². The first-order valence-electron chi connectivity index (χ1n) is 6.35. The van der Waals surface area contributed by atoms with Crippen LogP contribution in [-0.4, -0.2) is 0 Å². The molecule has 0 unspecified atom stereocenters. The molecule has 0 amide bonds. The second-order valence-electron chi connectivity index (χ2n) is 4.57. The first kappa shape index (κ1) is 13.8. The minimum absolute atomic E-state index is 1.11. The summed E-state index contributed by atoms with van der Waals surface area (Å²) in [6.45, 7) is 0. The average Bonchev–Trinajstić information content (AvgIpc) is 2.49. The number of rotatable bonds is 2. The zero-order valence-corrected chi connectivity index (χ0v) is 14.4. The van der Waals surface area contributed by atoms with Crippen molar-refractivity contribution < 1.29 is 0 Å². The van der Waals surface area contributed by atoms with Gasteiger partial charge in [-0.25, -0.2) is 0 Å². The van der Waals surface area contributed by atoms with E-state index in [9.17, 15) is 0 Å². The van der Waals surface area contributed by atoms with Crippen LogP contribution in [0.4, 0.5) is 0 Å². The normalized spacial score (nSPS) is 10.5. The Kier molecular flexibility index (Phi) is 4.22. The van der Waals surface area contributed by atoms with Crippen molar-refractivity contribution in [1.82, 2.24) is 0 Å². The lowest BCUT2D eigenvalue weighted by Gasteiger charge is -2.08. The molecule has 0 saturated heterocycles. The third kappa shape index (κ3) is 2.96. The molecule has 0 spiro atoms. The minimum Gasteiger partial charge on any atom is -0.0622 e. The summed E-state index contributed by atoms with van der Waals surface area (Å²) in [4.78, 5) is 0. The van der Waals surface area contributed by atoms with E-state index in [-0.39, 0.29) is 0 Å². The summed E-state index contributed by atoms with van der Waals surface area (Å²) in [5.41, 5.74) is 5.04. The van der Waals surface area contributed by atoms with Crippen LogP contribution in [-0.2, 0) is 0 Å². The predicted molar refractivity (Wildman–Crippen MR) is 97.7 cm³/mol. The van der Waals surface area contributed by atoms with E-state index in [1.807, 2.05) is 6.07 Å². The van der Waals surface area contributed by atoms with Crippen LogP contribution in [0.2, 0.25) is 0 Å². The van der Waals surface area contributed by atoms with Crippen LogP contribution in [0, 0.1) is 3.57 Å². The maximum absolute atomic E-state index is 3.48. The van der Waals surface area contributed by atoms with Gasteiger partial charge in [0.05, 0.1) is 0 Å². The molecular formula is C18H12BrI. The monoisotopic (exact) mass is 434 g/mol. The van der Waals surface area contributed by atoms with Gasteiger partial charge in [0, 0.05) is 8.04 Å². The summed E-state index contributed by atoms with van der Waals surface area (Å²) in [6, 6.07) is 25.6. The lowest BCUT2D eigenvalue weighted by atomic mass is 10.0. The van der Waals surface area contributed by atoms with Crippen molar-refractivity contribution in [3.63, 3.8) is 0 Å². The molecule has 0 aliphatic heterocycles. The van der Waals surface area contributed by atoms with E-state index in [1.165, 1.54) is 25.8 Å². The van der Waals surface area contributed by atoms with Crippen LogP contribution in [0.15, 0.2) is 77.3 Å². The maximum Gasteiger partial charge on any atom is 0.0214 e. The Morgan fingerprint density at radius 3 is 1.95 bits per heavy atom. The highest BCUT2D eigenvalue weighted by atomic mass is 127. The molecule has 20 heavy (non-hydrogen) atoms. The van der Waals surface area contributed by atoms with Gasteiger partial charge >= 0.3 is 0 Å². The van der Waals surface area contributed by atoms with Crippen LogP contribution in [0.5, 0.6) is 0 Å². The molecule has 0 aromatic heterocycles. The third-order valence-electron chi connectivity index (χ3n) is 3.23. The Balaban J connectivity index is 2.02. The van der Waals surface area contributed by atoms with E-state index in [2.05, 4.69) is 105 Å². The van der Waals surface area contributed by atoms with Gasteiger partial charge in [0.1, 0.15) is 0 Å². The quantitative estimate of drug-likeness (QED) is 0.410. The van der Waals surface area contributed by atoms with Gasteiger partial charge in [0.15, 0.2) is 0 Å². The molecule has 2 heteroatoms. The molecule has 0 heterocycles. The Bertz CT molecular complexity index is 718. The lowest BCUT2D eigenvalue weighted by Crippen LogP contribution is -1.85. The molecule has 3 aromatic rings. The average molecular weight is 435 g/mol. The molecule has 0 aliphatic carbocycles. The SMILES string of the molecule is Brc1ccc(-c2ccc(-c3ccccc3)cc2I)cc1. The first-order valence-corrected chi connectivity index (χ1v) is 8.22. The van der Waals surface area contributed by atoms with Gasteiger partial charge in [-0.15, -0.1) is 0 Å². The highest BCUT2D eigenvalue weighted by molar-refractivity contribution is 14.1. The van der Waals surface area contributed by atoms with E-state index >= 15 is 0 Å². The fraction of sp³-hybridized carbons (Fsp3) is 0. The van der Waals surface area contributed by atoms with E-state index < -0.39 is 0 Å². The largest absolute Gasteiger partial charge is 0.0622 e. The third-order valence-corrected chi connectivity index (χ3v) is 4.65. The van der Waals surface area contributed by atoms with Crippen molar-refractivity contribution in [3.05, 3.63) is 80.8 Å². The fourth-order valence-electron chi connectivity index (χ4n) is 2.19. The van der Waals surface area contributed by atoms with Gasteiger partial charge in [0.2, 0.25) is 0 Å². The van der Waals surface area contributed by atoms with Crippen LogP contribution in [0.3, 0.4) is 0 Å². The number of benzene rings is 3. The molecule has 98 valence electrons. The Hall–Kier alpha value is -1.13. The number of hydrogen-bond donors (Lipinski definition) is 0. The Morgan fingerprint density at radius 2 is 1.30 bits per heavy atom. The van der Waals surface area contributed by atoms with E-state index in [0.717, 1.165) is 4.47 Å². The second-order valence-corrected chi connectivity index (χ2v) is 6.65. The number of hydrogen-bond acceptors (Lipinski definition) is 0. The molecule has 3 aromatic carbocycles. The van der Waals surface area contributed by atoms with Gasteiger partial charge in [-0.3, -0.25) is 0 Å². The summed E-state index contributed by atoms with van der Waals surface area (Å²) in [5.74, 6) is 0. The van der Waals surface area contributed by atoms with Crippen molar-refractivity contribution >= 4 is 38.5 Å². The van der Waals surface area contributed by atoms with Crippen molar-refractivity contribution in [2.45, 2.75) is 0 Å². The molecule has 3 rings (SSSR count). The zero-order chi connectivity index (χ0) is 13.9. The predicted octanol–water partition coefficient (Wildman–Crippen LogP) is 6.39. The van der Waals surface area contributed by atoms with Crippen LogP contribution < -0.4 is 0 Å². The minimum atomic E-state index is 1.11. The molecule has 0 nitrogen and oxygen atoms in total. The van der Waals surface area contributed by atoms with Gasteiger partial charge in [-0.05, 0) is 63.0 Å². The van der Waals surface area contributed by atoms with Crippen molar-refractivity contribution in [2.75, 3.05) is 0 Å². The molecular weight excluding hydrogens is 423 g/mol. The standard InChI is InChI=1S/C18H12BrI/c19-16-9-6-14(7-10-16)17-11-8-15(12-18(17)20)13-4-2-1-3-5-13/h1-12H. The number of halogens is 2. The van der Waals surface area contributed by atoms with E-state index in [0.29, 0.717) is 0 Å². The van der Waals surface area contributed by atoms with Gasteiger partial charge in [0.25, 0.3) is 0 Å². The summed E-state index contributed by atoms with van der Waals surface area (Å²) in [5, 5.41) is 0. The van der Waals surface area contributed by atoms with E-state index in [1.54, 1.807) is 0 Å². The first-order chi connectivity index (χ1) is 9.74. The van der Waals surface area contributed by atoms with Crippen molar-refractivity contribution in [3.8, 4) is 22.3 Å². The summed E-state index contributed by atoms with van der Waals surface area (Å²) < 4.78 is 2.38. The topological polar surface area (TPSA) is 0 Å². The molecule has 0 bridgehead atoms. The summed E-state index contributed by atoms with van der Waals surface area (Å²) in [6.07, 6.45) is 0. The smallest absolute Gasteiger partial charge is 0.0214 e. The second kappa shape index (κ2) is 6.10. The fourth-order valence-corrected chi connectivity index (χ4v) is 3.28. The zero-order valence-electron chi connectivity index (χ0n) is 10.7.